The van der Waals surface area contributed by atoms with E-state index in [1.54, 1.807) is 26.4 Å². The first-order chi connectivity index (χ1) is 9.04. The Hall–Kier alpha value is -1.94. The molecule has 0 spiro atoms. The molecule has 0 aliphatic rings. The van der Waals surface area contributed by atoms with Gasteiger partial charge in [-0.15, -0.1) is 0 Å². The summed E-state index contributed by atoms with van der Waals surface area (Å²) < 4.78 is 0. The van der Waals surface area contributed by atoms with Gasteiger partial charge < -0.3 is 4.90 Å². The molecule has 4 nitrogen and oxygen atoms in total. The molecule has 0 fully saturated rings. The van der Waals surface area contributed by atoms with Crippen molar-refractivity contribution in [3.05, 3.63) is 40.5 Å². The van der Waals surface area contributed by atoms with Crippen LogP contribution in [0.3, 0.4) is 0 Å². The highest BCUT2D eigenvalue weighted by atomic mass is 35.5. The van der Waals surface area contributed by atoms with Crippen molar-refractivity contribution in [1.82, 2.24) is 9.88 Å². The number of aromatic nitrogens is 1. The molecule has 0 saturated heterocycles. The molecule has 0 N–H and O–H groups in total. The Morgan fingerprint density at radius 3 is 2.89 bits per heavy atom. The molecular weight excluding hydrogens is 262 g/mol. The van der Waals surface area contributed by atoms with Gasteiger partial charge >= 0.3 is 0 Å². The van der Waals surface area contributed by atoms with Crippen molar-refractivity contribution >= 4 is 34.7 Å². The van der Waals surface area contributed by atoms with Crippen molar-refractivity contribution in [2.24, 2.45) is 4.99 Å². The molecule has 0 unspecified atom stereocenters. The molecule has 0 radical (unpaired) electrons. The lowest BCUT2D eigenvalue weighted by atomic mass is 10.1. The fourth-order valence-corrected chi connectivity index (χ4v) is 2.13. The van der Waals surface area contributed by atoms with E-state index in [-0.39, 0.29) is 5.91 Å². The van der Waals surface area contributed by atoms with E-state index in [9.17, 15) is 4.79 Å². The number of hydrogen-bond acceptors (Lipinski definition) is 3. The number of carbonyl (C=O) groups is 1. The van der Waals surface area contributed by atoms with Gasteiger partial charge in [-0.2, -0.15) is 0 Å². The zero-order valence-electron chi connectivity index (χ0n) is 11.0. The van der Waals surface area contributed by atoms with Crippen LogP contribution in [0.25, 0.3) is 10.9 Å². The number of carbonyl (C=O) groups excluding carboxylic acids is 1. The molecule has 1 aromatic heterocycles. The van der Waals surface area contributed by atoms with Crippen LogP contribution < -0.4 is 0 Å². The molecule has 0 atom stereocenters. The average Bonchev–Trinajstić information content (AvgIpc) is 2.38. The summed E-state index contributed by atoms with van der Waals surface area (Å²) in [7, 11) is 3.24. The highest BCUT2D eigenvalue weighted by Gasteiger charge is 2.18. The van der Waals surface area contributed by atoms with Crippen LogP contribution in [0, 0.1) is 6.92 Å². The second-order valence-electron chi connectivity index (χ2n) is 4.30. The van der Waals surface area contributed by atoms with Gasteiger partial charge in [-0.1, -0.05) is 17.7 Å². The first kappa shape index (κ1) is 13.5. The zero-order valence-corrected chi connectivity index (χ0v) is 11.8. The lowest BCUT2D eigenvalue weighted by Gasteiger charge is -2.14. The highest BCUT2D eigenvalue weighted by molar-refractivity contribution is 6.35. The molecule has 98 valence electrons. The van der Waals surface area contributed by atoms with Gasteiger partial charge in [0.2, 0.25) is 0 Å². The number of benzene rings is 1. The fourth-order valence-electron chi connectivity index (χ4n) is 1.89. The van der Waals surface area contributed by atoms with E-state index in [2.05, 4.69) is 9.98 Å². The summed E-state index contributed by atoms with van der Waals surface area (Å²) in [6, 6.07) is 5.56. The summed E-state index contributed by atoms with van der Waals surface area (Å²) in [6.07, 6.45) is 3.18. The first-order valence-electron chi connectivity index (χ1n) is 5.79. The Labute approximate surface area is 116 Å². The second-order valence-corrected chi connectivity index (χ2v) is 4.70. The smallest absolute Gasteiger partial charge is 0.262 e. The number of hydrogen-bond donors (Lipinski definition) is 0. The second kappa shape index (κ2) is 5.36. The predicted molar refractivity (Wildman–Crippen MR) is 78.0 cm³/mol. The zero-order chi connectivity index (χ0) is 14.0. The Morgan fingerprint density at radius 1 is 1.47 bits per heavy atom. The Kier molecular flexibility index (Phi) is 3.81. The highest BCUT2D eigenvalue weighted by Crippen LogP contribution is 2.26. The molecule has 0 saturated carbocycles. The van der Waals surface area contributed by atoms with E-state index >= 15 is 0 Å². The van der Waals surface area contributed by atoms with E-state index in [0.29, 0.717) is 16.1 Å². The number of rotatable bonds is 2. The quantitative estimate of drug-likeness (QED) is 0.625. The summed E-state index contributed by atoms with van der Waals surface area (Å²) in [5.41, 5.74) is 2.05. The normalized spacial score (nSPS) is 11.2. The minimum Gasteiger partial charge on any atom is -0.302 e. The van der Waals surface area contributed by atoms with Gasteiger partial charge in [-0.25, -0.2) is 0 Å². The summed E-state index contributed by atoms with van der Waals surface area (Å²) >= 11 is 6.15. The van der Waals surface area contributed by atoms with E-state index in [0.717, 1.165) is 10.9 Å². The third-order valence-electron chi connectivity index (χ3n) is 2.76. The summed E-state index contributed by atoms with van der Waals surface area (Å²) in [4.78, 5) is 21.9. The van der Waals surface area contributed by atoms with Crippen molar-refractivity contribution in [2.75, 3.05) is 14.1 Å². The third-order valence-corrected chi connectivity index (χ3v) is 3.08. The van der Waals surface area contributed by atoms with Crippen LogP contribution in [-0.4, -0.2) is 36.2 Å². The lowest BCUT2D eigenvalue weighted by molar-refractivity contribution is 0.0877. The SMILES string of the molecule is CN=CN(C)C(=O)c1c(Cl)ccc2cc(C)cnc12. The number of pyridine rings is 1. The van der Waals surface area contributed by atoms with Crippen LogP contribution in [0.15, 0.2) is 29.4 Å². The topological polar surface area (TPSA) is 45.6 Å². The Morgan fingerprint density at radius 2 is 2.21 bits per heavy atom. The van der Waals surface area contributed by atoms with Crippen LogP contribution >= 0.6 is 11.6 Å². The molecule has 1 heterocycles. The van der Waals surface area contributed by atoms with Crippen molar-refractivity contribution in [3.63, 3.8) is 0 Å². The van der Waals surface area contributed by atoms with Crippen LogP contribution in [0.1, 0.15) is 15.9 Å². The summed E-state index contributed by atoms with van der Waals surface area (Å²) in [5, 5.41) is 1.29. The molecule has 0 aliphatic carbocycles. The van der Waals surface area contributed by atoms with Gasteiger partial charge in [0.1, 0.15) is 0 Å². The Balaban J connectivity index is 2.65. The number of fused-ring (bicyclic) bond motifs is 1. The van der Waals surface area contributed by atoms with E-state index < -0.39 is 0 Å². The minimum absolute atomic E-state index is 0.224. The average molecular weight is 276 g/mol. The van der Waals surface area contributed by atoms with Gasteiger partial charge in [0.15, 0.2) is 0 Å². The molecule has 5 heteroatoms. The third kappa shape index (κ3) is 2.58. The standard InChI is InChI=1S/C14H14ClN3O/c1-9-6-10-4-5-11(15)12(13(10)17-7-9)14(19)18(3)8-16-2/h4-8H,1-3H3. The summed E-state index contributed by atoms with van der Waals surface area (Å²) in [5.74, 6) is -0.224. The van der Waals surface area contributed by atoms with Gasteiger partial charge in [-0.05, 0) is 24.6 Å². The van der Waals surface area contributed by atoms with E-state index in [4.69, 9.17) is 11.6 Å². The lowest BCUT2D eigenvalue weighted by Crippen LogP contribution is -2.25. The maximum Gasteiger partial charge on any atom is 0.262 e. The molecular formula is C14H14ClN3O. The van der Waals surface area contributed by atoms with Gasteiger partial charge in [0, 0.05) is 25.7 Å². The number of amides is 1. The summed E-state index contributed by atoms with van der Waals surface area (Å²) in [6.45, 7) is 1.96. The monoisotopic (exact) mass is 275 g/mol. The van der Waals surface area contributed by atoms with E-state index in [1.165, 1.54) is 11.2 Å². The predicted octanol–water partition coefficient (Wildman–Crippen LogP) is 2.93. The minimum atomic E-state index is -0.224. The fraction of sp³-hybridized carbons (Fsp3) is 0.214. The molecule has 0 aliphatic heterocycles. The molecule has 1 aromatic carbocycles. The van der Waals surface area contributed by atoms with Gasteiger partial charge in [0.05, 0.1) is 22.4 Å². The number of halogens is 1. The van der Waals surface area contributed by atoms with Crippen LogP contribution in [0.5, 0.6) is 0 Å². The first-order valence-corrected chi connectivity index (χ1v) is 6.16. The molecule has 2 rings (SSSR count). The molecule has 0 bridgehead atoms. The number of aryl methyl sites for hydroxylation is 1. The van der Waals surface area contributed by atoms with Crippen LogP contribution in [0.2, 0.25) is 5.02 Å². The molecule has 1 amide bonds. The maximum absolute atomic E-state index is 12.4. The van der Waals surface area contributed by atoms with E-state index in [1.807, 2.05) is 19.1 Å². The van der Waals surface area contributed by atoms with Crippen molar-refractivity contribution in [3.8, 4) is 0 Å². The van der Waals surface area contributed by atoms with Gasteiger partial charge in [0.25, 0.3) is 5.91 Å². The van der Waals surface area contributed by atoms with Crippen molar-refractivity contribution in [1.29, 1.82) is 0 Å². The number of aliphatic imine (C=N–C) groups is 1. The maximum atomic E-state index is 12.4. The largest absolute Gasteiger partial charge is 0.302 e. The number of nitrogens with zero attached hydrogens (tertiary/aromatic N) is 3. The van der Waals surface area contributed by atoms with Crippen molar-refractivity contribution < 1.29 is 4.79 Å². The molecule has 2 aromatic rings. The van der Waals surface area contributed by atoms with Crippen molar-refractivity contribution in [2.45, 2.75) is 6.92 Å². The van der Waals surface area contributed by atoms with Gasteiger partial charge in [-0.3, -0.25) is 14.8 Å². The van der Waals surface area contributed by atoms with Crippen LogP contribution in [-0.2, 0) is 0 Å². The van der Waals surface area contributed by atoms with Crippen LogP contribution in [0.4, 0.5) is 0 Å². The Bertz CT molecular complexity index is 667. The molecule has 19 heavy (non-hydrogen) atoms.